The lowest BCUT2D eigenvalue weighted by molar-refractivity contribution is -0.136. The number of thiazole rings is 1. The van der Waals surface area contributed by atoms with E-state index in [2.05, 4.69) is 24.8 Å². The molecule has 2 aromatic heterocycles. The zero-order valence-corrected chi connectivity index (χ0v) is 15.1. The topological polar surface area (TPSA) is 54.3 Å². The van der Waals surface area contributed by atoms with Gasteiger partial charge in [0.15, 0.2) is 0 Å². The Labute approximate surface area is 146 Å². The first-order valence-corrected chi connectivity index (χ1v) is 9.33. The third-order valence-electron chi connectivity index (χ3n) is 5.34. The highest BCUT2D eigenvalue weighted by Gasteiger charge is 2.50. The lowest BCUT2D eigenvalue weighted by Gasteiger charge is -2.23. The van der Waals surface area contributed by atoms with Crippen molar-refractivity contribution in [2.45, 2.75) is 32.9 Å². The molecule has 1 spiro atoms. The highest BCUT2D eigenvalue weighted by Crippen LogP contribution is 2.41. The normalized spacial score (nSPS) is 24.6. The maximum atomic E-state index is 13.0. The standard InChI is InChI=1S/C17H23N5OS/c1-13-19-14(11-24-13)9-22-7-4-17(16(22)23)3-6-21(12-17)10-15-18-5-8-20(15)2/h5,8,11H,3-4,6-7,9-10,12H2,1-2H3. The Morgan fingerprint density at radius 3 is 2.83 bits per heavy atom. The second-order valence-electron chi connectivity index (χ2n) is 7.03. The Morgan fingerprint density at radius 1 is 1.29 bits per heavy atom. The molecule has 0 saturated carbocycles. The lowest BCUT2D eigenvalue weighted by atomic mass is 9.85. The van der Waals surface area contributed by atoms with Gasteiger partial charge in [0.25, 0.3) is 0 Å². The van der Waals surface area contributed by atoms with E-state index in [-0.39, 0.29) is 5.41 Å². The first-order chi connectivity index (χ1) is 11.6. The van der Waals surface area contributed by atoms with E-state index in [0.29, 0.717) is 12.5 Å². The molecular weight excluding hydrogens is 322 g/mol. The van der Waals surface area contributed by atoms with E-state index in [9.17, 15) is 4.79 Å². The number of rotatable bonds is 4. The minimum absolute atomic E-state index is 0.184. The molecule has 0 aliphatic carbocycles. The van der Waals surface area contributed by atoms with Crippen LogP contribution in [-0.2, 0) is 24.9 Å². The Hall–Kier alpha value is -1.73. The highest BCUT2D eigenvalue weighted by molar-refractivity contribution is 7.09. The van der Waals surface area contributed by atoms with Crippen molar-refractivity contribution in [1.82, 2.24) is 24.3 Å². The number of amides is 1. The van der Waals surface area contributed by atoms with E-state index in [0.717, 1.165) is 55.5 Å². The molecule has 24 heavy (non-hydrogen) atoms. The van der Waals surface area contributed by atoms with Gasteiger partial charge in [-0.2, -0.15) is 0 Å². The molecule has 1 amide bonds. The predicted octanol–water partition coefficient (Wildman–Crippen LogP) is 1.81. The van der Waals surface area contributed by atoms with Crippen molar-refractivity contribution in [1.29, 1.82) is 0 Å². The molecule has 1 atom stereocenters. The number of carbonyl (C=O) groups excluding carboxylic acids is 1. The SMILES string of the molecule is Cc1nc(CN2CCC3(CCN(Cc4nccn4C)C3)C2=O)cs1. The Morgan fingerprint density at radius 2 is 2.12 bits per heavy atom. The van der Waals surface area contributed by atoms with E-state index in [1.54, 1.807) is 11.3 Å². The summed E-state index contributed by atoms with van der Waals surface area (Å²) in [5.41, 5.74) is 0.835. The molecule has 2 aliphatic heterocycles. The fraction of sp³-hybridized carbons (Fsp3) is 0.588. The maximum absolute atomic E-state index is 13.0. The van der Waals surface area contributed by atoms with Gasteiger partial charge in [-0.3, -0.25) is 9.69 Å². The van der Waals surface area contributed by atoms with Crippen LogP contribution < -0.4 is 0 Å². The number of likely N-dealkylation sites (tertiary alicyclic amines) is 2. The number of imidazole rings is 1. The number of hydrogen-bond donors (Lipinski definition) is 0. The molecule has 7 heteroatoms. The second kappa shape index (κ2) is 5.97. The summed E-state index contributed by atoms with van der Waals surface area (Å²) in [6.07, 6.45) is 5.73. The molecule has 2 fully saturated rings. The molecule has 2 aliphatic rings. The first kappa shape index (κ1) is 15.8. The van der Waals surface area contributed by atoms with Crippen molar-refractivity contribution >= 4 is 17.2 Å². The number of aromatic nitrogens is 3. The van der Waals surface area contributed by atoms with Crippen LogP contribution in [0.3, 0.4) is 0 Å². The summed E-state index contributed by atoms with van der Waals surface area (Å²) < 4.78 is 2.05. The van der Waals surface area contributed by atoms with Crippen LogP contribution in [0.25, 0.3) is 0 Å². The Balaban J connectivity index is 1.41. The summed E-state index contributed by atoms with van der Waals surface area (Å²) in [5, 5.41) is 3.13. The molecule has 4 heterocycles. The van der Waals surface area contributed by atoms with Gasteiger partial charge in [-0.15, -0.1) is 11.3 Å². The van der Waals surface area contributed by atoms with Crippen molar-refractivity contribution in [3.8, 4) is 0 Å². The van der Waals surface area contributed by atoms with Crippen LogP contribution >= 0.6 is 11.3 Å². The first-order valence-electron chi connectivity index (χ1n) is 8.45. The predicted molar refractivity (Wildman–Crippen MR) is 92.4 cm³/mol. The molecule has 0 N–H and O–H groups in total. The lowest BCUT2D eigenvalue weighted by Crippen LogP contribution is -2.36. The fourth-order valence-electron chi connectivity index (χ4n) is 3.94. The van der Waals surface area contributed by atoms with Crippen molar-refractivity contribution in [2.24, 2.45) is 12.5 Å². The van der Waals surface area contributed by atoms with E-state index < -0.39 is 0 Å². The molecular formula is C17H23N5OS. The van der Waals surface area contributed by atoms with Crippen LogP contribution in [-0.4, -0.2) is 49.9 Å². The largest absolute Gasteiger partial charge is 0.337 e. The average Bonchev–Trinajstić information content (AvgIpc) is 3.30. The molecule has 6 nitrogen and oxygen atoms in total. The van der Waals surface area contributed by atoms with E-state index in [1.807, 2.05) is 31.3 Å². The third kappa shape index (κ3) is 2.75. The highest BCUT2D eigenvalue weighted by atomic mass is 32.1. The van der Waals surface area contributed by atoms with Crippen molar-refractivity contribution in [3.05, 3.63) is 34.3 Å². The van der Waals surface area contributed by atoms with Gasteiger partial charge in [0.1, 0.15) is 5.82 Å². The Bertz CT molecular complexity index is 754. The summed E-state index contributed by atoms with van der Waals surface area (Å²) in [4.78, 5) is 26.3. The van der Waals surface area contributed by atoms with Crippen LogP contribution in [0.15, 0.2) is 17.8 Å². The van der Waals surface area contributed by atoms with Crippen molar-refractivity contribution in [3.63, 3.8) is 0 Å². The molecule has 2 saturated heterocycles. The second-order valence-corrected chi connectivity index (χ2v) is 8.09. The molecule has 0 radical (unpaired) electrons. The van der Waals surface area contributed by atoms with Gasteiger partial charge >= 0.3 is 0 Å². The molecule has 0 aromatic carbocycles. The molecule has 0 bridgehead atoms. The monoisotopic (exact) mass is 345 g/mol. The zero-order valence-electron chi connectivity index (χ0n) is 14.2. The fourth-order valence-corrected chi connectivity index (χ4v) is 4.54. The summed E-state index contributed by atoms with van der Waals surface area (Å²) in [7, 11) is 2.02. The van der Waals surface area contributed by atoms with Gasteiger partial charge in [-0.25, -0.2) is 9.97 Å². The quantitative estimate of drug-likeness (QED) is 0.848. The molecule has 2 aromatic rings. The van der Waals surface area contributed by atoms with Gasteiger partial charge in [-0.05, 0) is 26.3 Å². The zero-order chi connectivity index (χ0) is 16.7. The number of carbonyl (C=O) groups is 1. The maximum Gasteiger partial charge on any atom is 0.230 e. The summed E-state index contributed by atoms with van der Waals surface area (Å²) >= 11 is 1.65. The van der Waals surface area contributed by atoms with Gasteiger partial charge in [0, 0.05) is 37.9 Å². The minimum atomic E-state index is -0.184. The van der Waals surface area contributed by atoms with Crippen LogP contribution in [0.1, 0.15) is 29.4 Å². The minimum Gasteiger partial charge on any atom is -0.337 e. The summed E-state index contributed by atoms with van der Waals surface area (Å²) in [5.74, 6) is 1.38. The molecule has 128 valence electrons. The smallest absolute Gasteiger partial charge is 0.230 e. The number of aryl methyl sites for hydroxylation is 2. The van der Waals surface area contributed by atoms with E-state index >= 15 is 0 Å². The van der Waals surface area contributed by atoms with Gasteiger partial charge in [0.05, 0.1) is 29.2 Å². The Kier molecular flexibility index (Phi) is 3.92. The summed E-state index contributed by atoms with van der Waals surface area (Å²) in [6.45, 7) is 6.17. The summed E-state index contributed by atoms with van der Waals surface area (Å²) in [6, 6.07) is 0. The average molecular weight is 345 g/mol. The van der Waals surface area contributed by atoms with Crippen molar-refractivity contribution in [2.75, 3.05) is 19.6 Å². The van der Waals surface area contributed by atoms with Crippen molar-refractivity contribution < 1.29 is 4.79 Å². The van der Waals surface area contributed by atoms with Crippen LogP contribution in [0.2, 0.25) is 0 Å². The number of nitrogens with zero attached hydrogens (tertiary/aromatic N) is 5. The van der Waals surface area contributed by atoms with E-state index in [4.69, 9.17) is 0 Å². The van der Waals surface area contributed by atoms with Crippen LogP contribution in [0.5, 0.6) is 0 Å². The van der Waals surface area contributed by atoms with Crippen LogP contribution in [0, 0.1) is 12.3 Å². The van der Waals surface area contributed by atoms with Gasteiger partial charge < -0.3 is 9.47 Å². The number of hydrogen-bond acceptors (Lipinski definition) is 5. The van der Waals surface area contributed by atoms with Gasteiger partial charge in [0.2, 0.25) is 5.91 Å². The third-order valence-corrected chi connectivity index (χ3v) is 6.16. The molecule has 1 unspecified atom stereocenters. The van der Waals surface area contributed by atoms with Gasteiger partial charge in [-0.1, -0.05) is 0 Å². The van der Waals surface area contributed by atoms with Crippen LogP contribution in [0.4, 0.5) is 0 Å². The molecule has 4 rings (SSSR count). The van der Waals surface area contributed by atoms with E-state index in [1.165, 1.54) is 0 Å².